The van der Waals surface area contributed by atoms with Crippen LogP contribution in [0.3, 0.4) is 0 Å². The lowest BCUT2D eigenvalue weighted by molar-refractivity contribution is 0.250. The normalized spacial score (nSPS) is 10.4. The van der Waals surface area contributed by atoms with E-state index in [1.807, 2.05) is 19.9 Å². The highest BCUT2D eigenvalue weighted by Crippen LogP contribution is 2.37. The molecule has 2 heterocycles. The molecule has 0 aliphatic heterocycles. The molecule has 16 heavy (non-hydrogen) atoms. The minimum atomic E-state index is 0.156. The number of aryl methyl sites for hydroxylation is 1. The Morgan fingerprint density at radius 3 is 2.94 bits per heavy atom. The van der Waals surface area contributed by atoms with Crippen molar-refractivity contribution in [2.24, 2.45) is 0 Å². The van der Waals surface area contributed by atoms with Gasteiger partial charge in [-0.15, -0.1) is 11.3 Å². The van der Waals surface area contributed by atoms with Crippen LogP contribution < -0.4 is 9.47 Å². The number of thiophene rings is 1. The molecule has 0 N–H and O–H groups in total. The molecule has 0 unspecified atom stereocenters. The van der Waals surface area contributed by atoms with Gasteiger partial charge in [-0.25, -0.2) is 0 Å². The summed E-state index contributed by atoms with van der Waals surface area (Å²) >= 11 is 1.57. The molecule has 0 atom stereocenters. The lowest BCUT2D eigenvalue weighted by Gasteiger charge is -1.99. The Labute approximate surface area is 97.0 Å². The molecule has 6 heteroatoms. The van der Waals surface area contributed by atoms with Gasteiger partial charge in [0.2, 0.25) is 5.82 Å². The first-order chi connectivity index (χ1) is 7.74. The van der Waals surface area contributed by atoms with Gasteiger partial charge in [0.15, 0.2) is 0 Å². The zero-order valence-electron chi connectivity index (χ0n) is 9.31. The molecule has 0 saturated heterocycles. The standard InChI is InChI=1S/C10H12N2O3S/c1-4-14-7-5-6(2)16-8(7)9-11-10(13-3)15-12-9/h5H,4H2,1-3H3. The fourth-order valence-corrected chi connectivity index (χ4v) is 2.17. The van der Waals surface area contributed by atoms with E-state index in [9.17, 15) is 0 Å². The maximum atomic E-state index is 5.50. The van der Waals surface area contributed by atoms with Gasteiger partial charge in [-0.2, -0.15) is 4.98 Å². The van der Waals surface area contributed by atoms with Crippen molar-refractivity contribution in [1.82, 2.24) is 10.1 Å². The third-order valence-corrected chi connectivity index (χ3v) is 2.93. The number of ether oxygens (including phenoxy) is 2. The van der Waals surface area contributed by atoms with Gasteiger partial charge in [-0.3, -0.25) is 4.52 Å². The third-order valence-electron chi connectivity index (χ3n) is 1.91. The molecule has 0 fully saturated rings. The Morgan fingerprint density at radius 2 is 2.31 bits per heavy atom. The van der Waals surface area contributed by atoms with E-state index in [0.29, 0.717) is 12.4 Å². The number of rotatable bonds is 4. The maximum Gasteiger partial charge on any atom is 0.417 e. The van der Waals surface area contributed by atoms with Gasteiger partial charge in [0.25, 0.3) is 0 Å². The summed E-state index contributed by atoms with van der Waals surface area (Å²) in [6, 6.07) is 1.96. The van der Waals surface area contributed by atoms with Crippen LogP contribution in [0, 0.1) is 6.92 Å². The number of hydrogen-bond acceptors (Lipinski definition) is 6. The first-order valence-electron chi connectivity index (χ1n) is 4.86. The Bertz CT molecular complexity index is 478. The fraction of sp³-hybridized carbons (Fsp3) is 0.400. The molecule has 0 aliphatic rings. The maximum absolute atomic E-state index is 5.50. The van der Waals surface area contributed by atoms with Crippen LogP contribution in [-0.4, -0.2) is 23.9 Å². The van der Waals surface area contributed by atoms with E-state index in [2.05, 4.69) is 10.1 Å². The van der Waals surface area contributed by atoms with Crippen LogP contribution in [0.25, 0.3) is 10.7 Å². The highest BCUT2D eigenvalue weighted by molar-refractivity contribution is 7.15. The second-order valence-electron chi connectivity index (χ2n) is 3.07. The summed E-state index contributed by atoms with van der Waals surface area (Å²) < 4.78 is 15.2. The smallest absolute Gasteiger partial charge is 0.417 e. The zero-order chi connectivity index (χ0) is 11.5. The number of aromatic nitrogens is 2. The van der Waals surface area contributed by atoms with Crippen molar-refractivity contribution in [3.8, 4) is 22.5 Å². The van der Waals surface area contributed by atoms with E-state index in [0.717, 1.165) is 15.5 Å². The molecule has 86 valence electrons. The van der Waals surface area contributed by atoms with Crippen molar-refractivity contribution in [3.05, 3.63) is 10.9 Å². The molecule has 0 aromatic carbocycles. The van der Waals surface area contributed by atoms with Crippen LogP contribution in [0.5, 0.6) is 11.8 Å². The molecule has 0 radical (unpaired) electrons. The fourth-order valence-electron chi connectivity index (χ4n) is 1.29. The highest BCUT2D eigenvalue weighted by atomic mass is 32.1. The largest absolute Gasteiger partial charge is 0.492 e. The topological polar surface area (TPSA) is 57.4 Å². The van der Waals surface area contributed by atoms with Gasteiger partial charge in [-0.05, 0) is 19.9 Å². The van der Waals surface area contributed by atoms with E-state index >= 15 is 0 Å². The van der Waals surface area contributed by atoms with Crippen molar-refractivity contribution in [2.75, 3.05) is 13.7 Å². The molecule has 2 aromatic heterocycles. The second kappa shape index (κ2) is 4.52. The summed E-state index contributed by atoms with van der Waals surface area (Å²) in [4.78, 5) is 6.09. The van der Waals surface area contributed by atoms with E-state index in [1.165, 1.54) is 7.11 Å². The first-order valence-corrected chi connectivity index (χ1v) is 5.67. The monoisotopic (exact) mass is 240 g/mol. The summed E-state index contributed by atoms with van der Waals surface area (Å²) in [5, 5.41) is 3.83. The van der Waals surface area contributed by atoms with Crippen molar-refractivity contribution < 1.29 is 14.0 Å². The van der Waals surface area contributed by atoms with Crippen LogP contribution in [0.4, 0.5) is 0 Å². The number of hydrogen-bond donors (Lipinski definition) is 0. The van der Waals surface area contributed by atoms with Crippen molar-refractivity contribution >= 4 is 11.3 Å². The van der Waals surface area contributed by atoms with E-state index in [-0.39, 0.29) is 6.08 Å². The molecule has 2 aromatic rings. The molecule has 2 rings (SSSR count). The molecule has 0 aliphatic carbocycles. The summed E-state index contributed by atoms with van der Waals surface area (Å²) in [6.07, 6.45) is 0.156. The summed E-state index contributed by atoms with van der Waals surface area (Å²) in [6.45, 7) is 4.56. The van der Waals surface area contributed by atoms with Crippen molar-refractivity contribution in [3.63, 3.8) is 0 Å². The van der Waals surface area contributed by atoms with E-state index in [1.54, 1.807) is 11.3 Å². The van der Waals surface area contributed by atoms with Crippen LogP contribution in [0.15, 0.2) is 10.6 Å². The van der Waals surface area contributed by atoms with E-state index < -0.39 is 0 Å². The van der Waals surface area contributed by atoms with Gasteiger partial charge < -0.3 is 9.47 Å². The lowest BCUT2D eigenvalue weighted by atomic mass is 10.4. The predicted molar refractivity (Wildman–Crippen MR) is 60.1 cm³/mol. The van der Waals surface area contributed by atoms with Gasteiger partial charge >= 0.3 is 6.08 Å². The predicted octanol–water partition coefficient (Wildman–Crippen LogP) is 2.51. The number of nitrogens with zero attached hydrogens (tertiary/aromatic N) is 2. The SMILES string of the molecule is CCOc1cc(C)sc1-c1noc(OC)n1. The van der Waals surface area contributed by atoms with Gasteiger partial charge in [0.1, 0.15) is 10.6 Å². The van der Waals surface area contributed by atoms with Crippen LogP contribution in [0.2, 0.25) is 0 Å². The quantitative estimate of drug-likeness (QED) is 0.821. The summed E-state index contributed by atoms with van der Waals surface area (Å²) in [7, 11) is 1.49. The third kappa shape index (κ3) is 2.01. The Morgan fingerprint density at radius 1 is 1.50 bits per heavy atom. The molecule has 0 saturated carbocycles. The highest BCUT2D eigenvalue weighted by Gasteiger charge is 2.16. The van der Waals surface area contributed by atoms with E-state index in [4.69, 9.17) is 14.0 Å². The molecule has 0 spiro atoms. The Kier molecular flexibility index (Phi) is 3.09. The zero-order valence-corrected chi connectivity index (χ0v) is 10.1. The average Bonchev–Trinajstić information content (AvgIpc) is 2.85. The first kappa shape index (κ1) is 10.9. The summed E-state index contributed by atoms with van der Waals surface area (Å²) in [5.74, 6) is 1.28. The minimum absolute atomic E-state index is 0.156. The average molecular weight is 240 g/mol. The van der Waals surface area contributed by atoms with Crippen LogP contribution in [0.1, 0.15) is 11.8 Å². The van der Waals surface area contributed by atoms with Gasteiger partial charge in [0.05, 0.1) is 13.7 Å². The van der Waals surface area contributed by atoms with Crippen LogP contribution >= 0.6 is 11.3 Å². The minimum Gasteiger partial charge on any atom is -0.492 e. The van der Waals surface area contributed by atoms with Crippen molar-refractivity contribution in [1.29, 1.82) is 0 Å². The Hall–Kier alpha value is -1.56. The molecular formula is C10H12N2O3S. The molecule has 5 nitrogen and oxygen atoms in total. The summed E-state index contributed by atoms with van der Waals surface area (Å²) in [5.41, 5.74) is 0. The molecular weight excluding hydrogens is 228 g/mol. The lowest BCUT2D eigenvalue weighted by Crippen LogP contribution is -1.91. The Balaban J connectivity index is 2.37. The van der Waals surface area contributed by atoms with Gasteiger partial charge in [0, 0.05) is 4.88 Å². The van der Waals surface area contributed by atoms with Crippen LogP contribution in [-0.2, 0) is 0 Å². The molecule has 0 amide bonds. The molecule has 0 bridgehead atoms. The van der Waals surface area contributed by atoms with Gasteiger partial charge in [-0.1, -0.05) is 5.16 Å². The second-order valence-corrected chi connectivity index (χ2v) is 4.33. The number of methoxy groups -OCH3 is 1. The van der Waals surface area contributed by atoms with Crippen molar-refractivity contribution in [2.45, 2.75) is 13.8 Å².